The molecule has 1 aliphatic rings. The zero-order valence-corrected chi connectivity index (χ0v) is 17.8. The van der Waals surface area contributed by atoms with Crippen LogP contribution >= 0.6 is 15.9 Å². The number of ketones is 1. The summed E-state index contributed by atoms with van der Waals surface area (Å²) in [6.07, 6.45) is 3.79. The monoisotopic (exact) mass is 437 g/mol. The van der Waals surface area contributed by atoms with Crippen molar-refractivity contribution in [3.8, 4) is 0 Å². The first-order valence-electron chi connectivity index (χ1n) is 9.53. The van der Waals surface area contributed by atoms with Crippen LogP contribution < -0.4 is 5.32 Å². The first-order valence-corrected chi connectivity index (χ1v) is 10.3. The van der Waals surface area contributed by atoms with Gasteiger partial charge in [0.25, 0.3) is 0 Å². The van der Waals surface area contributed by atoms with Crippen LogP contribution in [0.3, 0.4) is 0 Å². The summed E-state index contributed by atoms with van der Waals surface area (Å²) in [6, 6.07) is 6.13. The first kappa shape index (κ1) is 21.6. The van der Waals surface area contributed by atoms with Crippen LogP contribution in [-0.4, -0.2) is 30.3 Å². The second-order valence-electron chi connectivity index (χ2n) is 7.72. The average Bonchev–Trinajstić information content (AvgIpc) is 2.64. The Hall–Kier alpha value is -1.69. The fourth-order valence-electron chi connectivity index (χ4n) is 3.24. The topological polar surface area (TPSA) is 72.5 Å². The number of amides is 1. The summed E-state index contributed by atoms with van der Waals surface area (Å²) in [5.41, 5.74) is 0.479. The molecule has 1 amide bonds. The molecular weight excluding hydrogens is 410 g/mol. The third kappa shape index (κ3) is 6.45. The highest BCUT2D eigenvalue weighted by Gasteiger charge is 2.31. The third-order valence-corrected chi connectivity index (χ3v) is 5.65. The van der Waals surface area contributed by atoms with E-state index >= 15 is 0 Å². The van der Waals surface area contributed by atoms with Gasteiger partial charge in [-0.3, -0.25) is 9.59 Å². The standard InChI is InChI=1S/C21H28BrNO4/c1-13(2)19(23-20(25)16-6-4-14(3)5-7-16)21(26)27-12-18(24)15-8-10-17(22)11-9-15/h8-11,13-14,16,19H,4-7,12H2,1-3H3,(H,23,25). The number of benzene rings is 1. The van der Waals surface area contributed by atoms with Crippen LogP contribution in [0.1, 0.15) is 56.8 Å². The molecular formula is C21H28BrNO4. The Bertz CT molecular complexity index is 663. The molecule has 1 aliphatic carbocycles. The first-order chi connectivity index (χ1) is 12.8. The number of Topliss-reactive ketones (excluding diaryl/α,β-unsaturated/α-hetero) is 1. The van der Waals surface area contributed by atoms with Crippen molar-refractivity contribution in [1.29, 1.82) is 0 Å². The van der Waals surface area contributed by atoms with E-state index in [0.29, 0.717) is 11.5 Å². The number of halogens is 1. The SMILES string of the molecule is CC1CCC(C(=O)NC(C(=O)OCC(=O)c2ccc(Br)cc2)C(C)C)CC1. The van der Waals surface area contributed by atoms with Crippen molar-refractivity contribution in [2.75, 3.05) is 6.61 Å². The third-order valence-electron chi connectivity index (χ3n) is 5.12. The second kappa shape index (κ2) is 10.0. The van der Waals surface area contributed by atoms with Gasteiger partial charge in [0.15, 0.2) is 12.4 Å². The number of carbonyl (C=O) groups is 3. The Kier molecular flexibility index (Phi) is 8.02. The number of rotatable bonds is 7. The van der Waals surface area contributed by atoms with Gasteiger partial charge >= 0.3 is 5.97 Å². The Morgan fingerprint density at radius 2 is 1.70 bits per heavy atom. The van der Waals surface area contributed by atoms with Crippen molar-refractivity contribution in [3.63, 3.8) is 0 Å². The maximum Gasteiger partial charge on any atom is 0.329 e. The zero-order chi connectivity index (χ0) is 20.0. The molecule has 1 fully saturated rings. The van der Waals surface area contributed by atoms with Crippen molar-refractivity contribution in [2.24, 2.45) is 17.8 Å². The van der Waals surface area contributed by atoms with Crippen LogP contribution in [0, 0.1) is 17.8 Å². The fraction of sp³-hybridized carbons (Fsp3) is 0.571. The van der Waals surface area contributed by atoms with Gasteiger partial charge in [-0.2, -0.15) is 0 Å². The van der Waals surface area contributed by atoms with E-state index in [-0.39, 0.29) is 30.1 Å². The number of carbonyl (C=O) groups excluding carboxylic acids is 3. The minimum absolute atomic E-state index is 0.0420. The maximum atomic E-state index is 12.5. The van der Waals surface area contributed by atoms with Gasteiger partial charge in [0.05, 0.1) is 0 Å². The van der Waals surface area contributed by atoms with Gasteiger partial charge in [-0.05, 0) is 49.7 Å². The fourth-order valence-corrected chi connectivity index (χ4v) is 3.50. The highest BCUT2D eigenvalue weighted by Crippen LogP contribution is 2.28. The minimum Gasteiger partial charge on any atom is -0.456 e. The van der Waals surface area contributed by atoms with E-state index in [4.69, 9.17) is 4.74 Å². The number of hydrogen-bond donors (Lipinski definition) is 1. The summed E-state index contributed by atoms with van der Waals surface area (Å²) >= 11 is 3.31. The molecule has 0 aliphatic heterocycles. The van der Waals surface area contributed by atoms with Gasteiger partial charge in [0.1, 0.15) is 6.04 Å². The number of nitrogens with one attached hydrogen (secondary N) is 1. The van der Waals surface area contributed by atoms with E-state index in [9.17, 15) is 14.4 Å². The number of ether oxygens (including phenoxy) is 1. The molecule has 0 bridgehead atoms. The molecule has 148 valence electrons. The Morgan fingerprint density at radius 3 is 2.26 bits per heavy atom. The summed E-state index contributed by atoms with van der Waals surface area (Å²) in [5.74, 6) is -0.424. The predicted octanol–water partition coefficient (Wildman–Crippen LogP) is 4.14. The molecule has 5 nitrogen and oxygen atoms in total. The van der Waals surface area contributed by atoms with Crippen LogP contribution in [0.15, 0.2) is 28.7 Å². The number of hydrogen-bond acceptors (Lipinski definition) is 4. The summed E-state index contributed by atoms with van der Waals surface area (Å²) in [5, 5.41) is 2.84. The molecule has 27 heavy (non-hydrogen) atoms. The predicted molar refractivity (Wildman–Crippen MR) is 107 cm³/mol. The van der Waals surface area contributed by atoms with Crippen molar-refractivity contribution in [1.82, 2.24) is 5.32 Å². The molecule has 1 atom stereocenters. The van der Waals surface area contributed by atoms with E-state index in [1.54, 1.807) is 24.3 Å². The van der Waals surface area contributed by atoms with Gasteiger partial charge in [-0.1, -0.05) is 48.8 Å². The van der Waals surface area contributed by atoms with Crippen molar-refractivity contribution in [2.45, 2.75) is 52.5 Å². The van der Waals surface area contributed by atoms with Crippen LogP contribution in [-0.2, 0) is 14.3 Å². The van der Waals surface area contributed by atoms with E-state index < -0.39 is 12.0 Å². The van der Waals surface area contributed by atoms with Gasteiger partial charge in [0.2, 0.25) is 5.91 Å². The van der Waals surface area contributed by atoms with Crippen LogP contribution in [0.4, 0.5) is 0 Å². The van der Waals surface area contributed by atoms with E-state index in [2.05, 4.69) is 28.2 Å². The Labute approximate surface area is 169 Å². The summed E-state index contributed by atoms with van der Waals surface area (Å²) in [6.45, 7) is 5.57. The highest BCUT2D eigenvalue weighted by molar-refractivity contribution is 9.10. The smallest absolute Gasteiger partial charge is 0.329 e. The maximum absolute atomic E-state index is 12.5. The molecule has 1 aromatic carbocycles. The molecule has 1 aromatic rings. The molecule has 0 spiro atoms. The molecule has 1 unspecified atom stereocenters. The molecule has 6 heteroatoms. The lowest BCUT2D eigenvalue weighted by molar-refractivity contribution is -0.148. The molecule has 0 aromatic heterocycles. The quantitative estimate of drug-likeness (QED) is 0.513. The summed E-state index contributed by atoms with van der Waals surface area (Å²) in [7, 11) is 0. The van der Waals surface area contributed by atoms with Crippen LogP contribution in [0.5, 0.6) is 0 Å². The van der Waals surface area contributed by atoms with E-state index in [1.165, 1.54) is 0 Å². The molecule has 0 heterocycles. The Morgan fingerprint density at radius 1 is 1.11 bits per heavy atom. The van der Waals surface area contributed by atoms with Gasteiger partial charge in [-0.15, -0.1) is 0 Å². The van der Waals surface area contributed by atoms with Gasteiger partial charge in [0, 0.05) is 16.0 Å². The molecule has 2 rings (SSSR count). The summed E-state index contributed by atoms with van der Waals surface area (Å²) < 4.78 is 6.07. The molecule has 1 N–H and O–H groups in total. The zero-order valence-electron chi connectivity index (χ0n) is 16.2. The normalized spacial score (nSPS) is 20.8. The molecule has 0 radical (unpaired) electrons. The van der Waals surface area contributed by atoms with Gasteiger partial charge in [-0.25, -0.2) is 4.79 Å². The minimum atomic E-state index is -0.741. The average molecular weight is 438 g/mol. The van der Waals surface area contributed by atoms with Crippen molar-refractivity contribution < 1.29 is 19.1 Å². The molecule has 1 saturated carbocycles. The van der Waals surface area contributed by atoms with Crippen molar-refractivity contribution >= 4 is 33.6 Å². The van der Waals surface area contributed by atoms with Crippen molar-refractivity contribution in [3.05, 3.63) is 34.3 Å². The Balaban J connectivity index is 1.89. The van der Waals surface area contributed by atoms with E-state index in [1.807, 2.05) is 13.8 Å². The van der Waals surface area contributed by atoms with Crippen LogP contribution in [0.2, 0.25) is 0 Å². The summed E-state index contributed by atoms with van der Waals surface area (Å²) in [4.78, 5) is 37.1. The number of esters is 1. The lowest BCUT2D eigenvalue weighted by atomic mass is 9.82. The highest BCUT2D eigenvalue weighted by atomic mass is 79.9. The van der Waals surface area contributed by atoms with Crippen LogP contribution in [0.25, 0.3) is 0 Å². The lowest BCUT2D eigenvalue weighted by Gasteiger charge is -2.28. The van der Waals surface area contributed by atoms with E-state index in [0.717, 1.165) is 30.2 Å². The van der Waals surface area contributed by atoms with Gasteiger partial charge < -0.3 is 10.1 Å². The largest absolute Gasteiger partial charge is 0.456 e. The second-order valence-corrected chi connectivity index (χ2v) is 8.64. The molecule has 0 saturated heterocycles. The lowest BCUT2D eigenvalue weighted by Crippen LogP contribution is -2.48.